The Morgan fingerprint density at radius 1 is 1.29 bits per heavy atom. The Bertz CT molecular complexity index is 359. The van der Waals surface area contributed by atoms with E-state index in [1.165, 1.54) is 38.0 Å². The second-order valence-electron chi connectivity index (χ2n) is 4.81. The monoisotopic (exact) mass is 252 g/mol. The maximum Gasteiger partial charge on any atom is 0.0435 e. The zero-order chi connectivity index (χ0) is 12.1. The topological polar surface area (TPSA) is 15.3 Å². The molecule has 17 heavy (non-hydrogen) atoms. The smallest absolute Gasteiger partial charge is 0.0435 e. The summed E-state index contributed by atoms with van der Waals surface area (Å²) in [5.41, 5.74) is 2.47. The van der Waals surface area contributed by atoms with Gasteiger partial charge >= 0.3 is 0 Å². The molecule has 0 bridgehead atoms. The van der Waals surface area contributed by atoms with Crippen LogP contribution in [0.1, 0.15) is 24.0 Å². The number of hydrogen-bond acceptors (Lipinski definition) is 2. The standard InChI is InChI=1S/C14H21ClN2/c1-12-10-13(4-5-14(12)15)11-16-6-9-17-7-2-3-8-17/h4-5,10,16H,2-3,6-9,11H2,1H3. The fourth-order valence-electron chi connectivity index (χ4n) is 2.29. The molecule has 1 N–H and O–H groups in total. The van der Waals surface area contributed by atoms with Gasteiger partial charge in [0.05, 0.1) is 0 Å². The highest BCUT2D eigenvalue weighted by Crippen LogP contribution is 2.16. The molecule has 1 aromatic carbocycles. The molecule has 1 aromatic rings. The van der Waals surface area contributed by atoms with Crippen molar-refractivity contribution in [3.63, 3.8) is 0 Å². The number of nitrogens with zero attached hydrogens (tertiary/aromatic N) is 1. The second-order valence-corrected chi connectivity index (χ2v) is 5.22. The predicted molar refractivity (Wildman–Crippen MR) is 73.6 cm³/mol. The molecule has 3 heteroatoms. The molecule has 0 saturated carbocycles. The number of hydrogen-bond donors (Lipinski definition) is 1. The van der Waals surface area contributed by atoms with Gasteiger partial charge in [0.25, 0.3) is 0 Å². The minimum atomic E-state index is 0.853. The molecular formula is C14H21ClN2. The van der Waals surface area contributed by atoms with Gasteiger partial charge in [-0.05, 0) is 50.0 Å². The van der Waals surface area contributed by atoms with E-state index in [1.54, 1.807) is 0 Å². The van der Waals surface area contributed by atoms with E-state index in [1.807, 2.05) is 6.07 Å². The molecule has 0 radical (unpaired) electrons. The van der Waals surface area contributed by atoms with E-state index < -0.39 is 0 Å². The zero-order valence-electron chi connectivity index (χ0n) is 10.5. The lowest BCUT2D eigenvalue weighted by atomic mass is 10.1. The summed E-state index contributed by atoms with van der Waals surface area (Å²) < 4.78 is 0. The molecule has 0 aromatic heterocycles. The van der Waals surface area contributed by atoms with Crippen molar-refractivity contribution >= 4 is 11.6 Å². The van der Waals surface area contributed by atoms with E-state index in [2.05, 4.69) is 29.3 Å². The van der Waals surface area contributed by atoms with Crippen LogP contribution < -0.4 is 5.32 Å². The minimum Gasteiger partial charge on any atom is -0.311 e. The molecule has 94 valence electrons. The van der Waals surface area contributed by atoms with Crippen molar-refractivity contribution in [1.82, 2.24) is 10.2 Å². The van der Waals surface area contributed by atoms with Crippen LogP contribution in [0.2, 0.25) is 5.02 Å². The van der Waals surface area contributed by atoms with E-state index in [-0.39, 0.29) is 0 Å². The number of nitrogens with one attached hydrogen (secondary N) is 1. The molecule has 1 aliphatic heterocycles. The Hall–Kier alpha value is -0.570. The van der Waals surface area contributed by atoms with Crippen molar-refractivity contribution in [2.24, 2.45) is 0 Å². The van der Waals surface area contributed by atoms with Gasteiger partial charge in [0, 0.05) is 24.7 Å². The second kappa shape index (κ2) is 6.39. The molecule has 0 unspecified atom stereocenters. The van der Waals surface area contributed by atoms with Gasteiger partial charge in [0.2, 0.25) is 0 Å². The Morgan fingerprint density at radius 3 is 2.76 bits per heavy atom. The number of aryl methyl sites for hydroxylation is 1. The first-order valence-corrected chi connectivity index (χ1v) is 6.81. The Labute approximate surface area is 109 Å². The Balaban J connectivity index is 1.68. The summed E-state index contributed by atoms with van der Waals surface area (Å²) >= 11 is 6.00. The van der Waals surface area contributed by atoms with Crippen molar-refractivity contribution in [2.45, 2.75) is 26.3 Å². The highest BCUT2D eigenvalue weighted by Gasteiger charge is 2.09. The molecule has 1 aliphatic rings. The normalized spacial score (nSPS) is 16.6. The van der Waals surface area contributed by atoms with Crippen LogP contribution >= 0.6 is 11.6 Å². The van der Waals surface area contributed by atoms with Gasteiger partial charge in [-0.15, -0.1) is 0 Å². The molecule has 1 heterocycles. The van der Waals surface area contributed by atoms with Crippen LogP contribution in [-0.4, -0.2) is 31.1 Å². The van der Waals surface area contributed by atoms with E-state index in [0.29, 0.717) is 0 Å². The van der Waals surface area contributed by atoms with Crippen molar-refractivity contribution < 1.29 is 0 Å². The molecule has 2 rings (SSSR count). The summed E-state index contributed by atoms with van der Waals surface area (Å²) in [6.07, 6.45) is 2.74. The molecule has 0 aliphatic carbocycles. The molecule has 2 nitrogen and oxygen atoms in total. The molecule has 1 fully saturated rings. The van der Waals surface area contributed by atoms with Crippen LogP contribution in [0.3, 0.4) is 0 Å². The highest BCUT2D eigenvalue weighted by atomic mass is 35.5. The molecule has 0 atom stereocenters. The van der Waals surface area contributed by atoms with E-state index in [9.17, 15) is 0 Å². The lowest BCUT2D eigenvalue weighted by Gasteiger charge is -2.14. The third kappa shape index (κ3) is 3.98. The maximum absolute atomic E-state index is 6.00. The van der Waals surface area contributed by atoms with Gasteiger partial charge in [0.1, 0.15) is 0 Å². The van der Waals surface area contributed by atoms with Crippen LogP contribution in [0.4, 0.5) is 0 Å². The third-order valence-corrected chi connectivity index (χ3v) is 3.78. The largest absolute Gasteiger partial charge is 0.311 e. The van der Waals surface area contributed by atoms with Crippen molar-refractivity contribution in [3.8, 4) is 0 Å². The molecule has 0 amide bonds. The number of halogens is 1. The van der Waals surface area contributed by atoms with Gasteiger partial charge in [-0.25, -0.2) is 0 Å². The van der Waals surface area contributed by atoms with Crippen molar-refractivity contribution in [3.05, 3.63) is 34.3 Å². The quantitative estimate of drug-likeness (QED) is 0.811. The van der Waals surface area contributed by atoms with Crippen LogP contribution in [-0.2, 0) is 6.54 Å². The molecule has 1 saturated heterocycles. The van der Waals surface area contributed by atoms with Crippen LogP contribution in [0.15, 0.2) is 18.2 Å². The van der Waals surface area contributed by atoms with E-state index >= 15 is 0 Å². The molecule has 0 spiro atoms. The lowest BCUT2D eigenvalue weighted by molar-refractivity contribution is 0.335. The minimum absolute atomic E-state index is 0.853. The van der Waals surface area contributed by atoms with Crippen molar-refractivity contribution in [1.29, 1.82) is 0 Å². The van der Waals surface area contributed by atoms with E-state index in [4.69, 9.17) is 11.6 Å². The lowest BCUT2D eigenvalue weighted by Crippen LogP contribution is -2.29. The number of rotatable bonds is 5. The Morgan fingerprint density at radius 2 is 2.06 bits per heavy atom. The zero-order valence-corrected chi connectivity index (χ0v) is 11.3. The first-order valence-electron chi connectivity index (χ1n) is 6.44. The van der Waals surface area contributed by atoms with Gasteiger partial charge in [-0.1, -0.05) is 23.7 Å². The maximum atomic E-state index is 6.00. The van der Waals surface area contributed by atoms with Crippen LogP contribution in [0.25, 0.3) is 0 Å². The third-order valence-electron chi connectivity index (χ3n) is 3.35. The summed E-state index contributed by atoms with van der Waals surface area (Å²) in [5, 5.41) is 4.34. The average Bonchev–Trinajstić information content (AvgIpc) is 2.82. The van der Waals surface area contributed by atoms with Gasteiger partial charge < -0.3 is 10.2 Å². The van der Waals surface area contributed by atoms with Crippen LogP contribution in [0, 0.1) is 6.92 Å². The SMILES string of the molecule is Cc1cc(CNCCN2CCCC2)ccc1Cl. The molecular weight excluding hydrogens is 232 g/mol. The number of benzene rings is 1. The summed E-state index contributed by atoms with van der Waals surface area (Å²) in [6.45, 7) is 7.79. The predicted octanol–water partition coefficient (Wildman–Crippen LogP) is 2.83. The van der Waals surface area contributed by atoms with Gasteiger partial charge in [-0.2, -0.15) is 0 Å². The first kappa shape index (κ1) is 12.9. The van der Waals surface area contributed by atoms with Crippen molar-refractivity contribution in [2.75, 3.05) is 26.2 Å². The van der Waals surface area contributed by atoms with Gasteiger partial charge in [-0.3, -0.25) is 0 Å². The Kier molecular flexibility index (Phi) is 4.84. The fourth-order valence-corrected chi connectivity index (χ4v) is 2.41. The average molecular weight is 253 g/mol. The first-order chi connectivity index (χ1) is 8.25. The number of likely N-dealkylation sites (tertiary alicyclic amines) is 1. The van der Waals surface area contributed by atoms with Crippen LogP contribution in [0.5, 0.6) is 0 Å². The summed E-state index contributed by atoms with van der Waals surface area (Å²) in [7, 11) is 0. The van der Waals surface area contributed by atoms with Gasteiger partial charge in [0.15, 0.2) is 0 Å². The summed E-state index contributed by atoms with van der Waals surface area (Å²) in [5.74, 6) is 0. The summed E-state index contributed by atoms with van der Waals surface area (Å²) in [4.78, 5) is 2.53. The highest BCUT2D eigenvalue weighted by molar-refractivity contribution is 6.31. The summed E-state index contributed by atoms with van der Waals surface area (Å²) in [6, 6.07) is 6.23. The fraction of sp³-hybridized carbons (Fsp3) is 0.571. The van der Waals surface area contributed by atoms with E-state index in [0.717, 1.165) is 23.7 Å².